The molecule has 2 aromatic rings. The number of halogens is 1. The van der Waals surface area contributed by atoms with E-state index in [9.17, 15) is 0 Å². The van der Waals surface area contributed by atoms with E-state index in [1.165, 1.54) is 0 Å². The van der Waals surface area contributed by atoms with E-state index < -0.39 is 0 Å². The molecule has 0 saturated carbocycles. The third-order valence-electron chi connectivity index (χ3n) is 1.72. The molecule has 0 atom stereocenters. The molecule has 0 bridgehead atoms. The Morgan fingerprint density at radius 2 is 2.25 bits per heavy atom. The third-order valence-corrected chi connectivity index (χ3v) is 2.41. The van der Waals surface area contributed by atoms with Crippen LogP contribution < -0.4 is 0 Å². The number of aliphatic hydroxyl groups is 1. The van der Waals surface area contributed by atoms with Gasteiger partial charge >= 0.3 is 0 Å². The summed E-state index contributed by atoms with van der Waals surface area (Å²) in [6.07, 6.45) is 0. The van der Waals surface area contributed by atoms with Gasteiger partial charge in [0, 0.05) is 9.86 Å². The highest BCUT2D eigenvalue weighted by Crippen LogP contribution is 2.26. The van der Waals surface area contributed by atoms with Gasteiger partial charge < -0.3 is 9.52 Å². The first-order valence-corrected chi connectivity index (χ1v) is 4.38. The molecule has 3 heteroatoms. The summed E-state index contributed by atoms with van der Waals surface area (Å²) in [5.41, 5.74) is 0.799. The van der Waals surface area contributed by atoms with Gasteiger partial charge in [-0.05, 0) is 18.2 Å². The summed E-state index contributed by atoms with van der Waals surface area (Å²) in [5.74, 6) is 0.594. The maximum Gasteiger partial charge on any atom is 0.135 e. The van der Waals surface area contributed by atoms with Crippen molar-refractivity contribution in [3.8, 4) is 0 Å². The minimum absolute atomic E-state index is 0.0544. The summed E-state index contributed by atoms with van der Waals surface area (Å²) in [7, 11) is 0. The monoisotopic (exact) mass is 226 g/mol. The van der Waals surface area contributed by atoms with Gasteiger partial charge in [-0.1, -0.05) is 22.0 Å². The van der Waals surface area contributed by atoms with Crippen molar-refractivity contribution in [1.29, 1.82) is 0 Å². The SMILES string of the molecule is OCc1cc2c(Br)cccc2o1. The summed E-state index contributed by atoms with van der Waals surface area (Å²) in [6.45, 7) is -0.0544. The lowest BCUT2D eigenvalue weighted by Crippen LogP contribution is -1.72. The van der Waals surface area contributed by atoms with E-state index in [1.807, 2.05) is 24.3 Å². The minimum atomic E-state index is -0.0544. The van der Waals surface area contributed by atoms with Crippen molar-refractivity contribution >= 4 is 26.9 Å². The van der Waals surface area contributed by atoms with Crippen LogP contribution in [0.1, 0.15) is 5.76 Å². The Morgan fingerprint density at radius 3 is 2.92 bits per heavy atom. The van der Waals surface area contributed by atoms with Crippen LogP contribution in [0.2, 0.25) is 0 Å². The Hall–Kier alpha value is -0.800. The van der Waals surface area contributed by atoms with Crippen molar-refractivity contribution < 1.29 is 9.52 Å². The average molecular weight is 227 g/mol. The first-order chi connectivity index (χ1) is 5.81. The standard InChI is InChI=1S/C9H7BrO2/c10-8-2-1-3-9-7(8)4-6(5-11)12-9/h1-4,11H,5H2. The second-order valence-corrected chi connectivity index (χ2v) is 3.38. The van der Waals surface area contributed by atoms with Crippen LogP contribution >= 0.6 is 15.9 Å². The zero-order chi connectivity index (χ0) is 8.55. The summed E-state index contributed by atoms with van der Waals surface area (Å²) >= 11 is 3.40. The van der Waals surface area contributed by atoms with Crippen LogP contribution in [0.4, 0.5) is 0 Å². The van der Waals surface area contributed by atoms with Gasteiger partial charge in [0.15, 0.2) is 0 Å². The number of fused-ring (bicyclic) bond motifs is 1. The van der Waals surface area contributed by atoms with Crippen LogP contribution in [-0.2, 0) is 6.61 Å². The second kappa shape index (κ2) is 2.92. The van der Waals surface area contributed by atoms with E-state index in [4.69, 9.17) is 9.52 Å². The Bertz CT molecular complexity index is 406. The first-order valence-electron chi connectivity index (χ1n) is 3.59. The summed E-state index contributed by atoms with van der Waals surface area (Å²) in [5, 5.41) is 9.82. The van der Waals surface area contributed by atoms with Gasteiger partial charge in [-0.3, -0.25) is 0 Å². The lowest BCUT2D eigenvalue weighted by molar-refractivity contribution is 0.251. The lowest BCUT2D eigenvalue weighted by Gasteiger charge is -1.88. The highest BCUT2D eigenvalue weighted by molar-refractivity contribution is 9.10. The van der Waals surface area contributed by atoms with Crippen LogP contribution in [0.3, 0.4) is 0 Å². The smallest absolute Gasteiger partial charge is 0.135 e. The van der Waals surface area contributed by atoms with Crippen LogP contribution in [-0.4, -0.2) is 5.11 Å². The van der Waals surface area contributed by atoms with Crippen LogP contribution in [0.15, 0.2) is 33.2 Å². The summed E-state index contributed by atoms with van der Waals surface area (Å²) in [4.78, 5) is 0. The fourth-order valence-corrected chi connectivity index (χ4v) is 1.62. The maximum atomic E-state index is 8.82. The molecule has 0 radical (unpaired) electrons. The highest BCUT2D eigenvalue weighted by Gasteiger charge is 2.04. The molecule has 1 heterocycles. The first kappa shape index (κ1) is 7.83. The molecular weight excluding hydrogens is 220 g/mol. The normalized spacial score (nSPS) is 10.8. The van der Waals surface area contributed by atoms with Crippen molar-refractivity contribution in [2.45, 2.75) is 6.61 Å². The van der Waals surface area contributed by atoms with Gasteiger partial charge in [0.05, 0.1) is 0 Å². The van der Waals surface area contributed by atoms with Crippen molar-refractivity contribution in [3.05, 3.63) is 34.5 Å². The van der Waals surface area contributed by atoms with Gasteiger partial charge in [-0.15, -0.1) is 0 Å². The highest BCUT2D eigenvalue weighted by atomic mass is 79.9. The van der Waals surface area contributed by atoms with Gasteiger partial charge in [-0.25, -0.2) is 0 Å². The Balaban J connectivity index is 2.74. The predicted molar refractivity (Wildman–Crippen MR) is 49.8 cm³/mol. The molecule has 1 aromatic carbocycles. The van der Waals surface area contributed by atoms with Crippen molar-refractivity contribution in [2.24, 2.45) is 0 Å². The largest absolute Gasteiger partial charge is 0.459 e. The number of aliphatic hydroxyl groups excluding tert-OH is 1. The molecule has 1 N–H and O–H groups in total. The minimum Gasteiger partial charge on any atom is -0.459 e. The summed E-state index contributed by atoms with van der Waals surface area (Å²) < 4.78 is 6.31. The molecule has 0 aliphatic rings. The Kier molecular flexibility index (Phi) is 1.90. The topological polar surface area (TPSA) is 33.4 Å². The van der Waals surface area contributed by atoms with Gasteiger partial charge in [-0.2, -0.15) is 0 Å². The maximum absolute atomic E-state index is 8.82. The number of benzene rings is 1. The third kappa shape index (κ3) is 1.15. The second-order valence-electron chi connectivity index (χ2n) is 2.52. The Morgan fingerprint density at radius 1 is 1.42 bits per heavy atom. The van der Waals surface area contributed by atoms with E-state index in [0.29, 0.717) is 5.76 Å². The van der Waals surface area contributed by atoms with Gasteiger partial charge in [0.25, 0.3) is 0 Å². The molecule has 1 aromatic heterocycles. The van der Waals surface area contributed by atoms with Crippen molar-refractivity contribution in [2.75, 3.05) is 0 Å². The molecular formula is C9H7BrO2. The van der Waals surface area contributed by atoms with Gasteiger partial charge in [0.2, 0.25) is 0 Å². The lowest BCUT2D eigenvalue weighted by atomic mass is 10.2. The van der Waals surface area contributed by atoms with E-state index in [0.717, 1.165) is 15.4 Å². The molecule has 0 spiro atoms. The number of rotatable bonds is 1. The molecule has 0 amide bonds. The molecule has 0 fully saturated rings. The molecule has 0 aliphatic heterocycles. The van der Waals surface area contributed by atoms with Gasteiger partial charge in [0.1, 0.15) is 18.0 Å². The van der Waals surface area contributed by atoms with E-state index in [-0.39, 0.29) is 6.61 Å². The zero-order valence-corrected chi connectivity index (χ0v) is 7.84. The molecule has 0 unspecified atom stereocenters. The predicted octanol–water partition coefficient (Wildman–Crippen LogP) is 2.69. The van der Waals surface area contributed by atoms with E-state index in [1.54, 1.807) is 0 Å². The molecule has 12 heavy (non-hydrogen) atoms. The molecule has 0 aliphatic carbocycles. The fraction of sp³-hybridized carbons (Fsp3) is 0.111. The molecule has 62 valence electrons. The summed E-state index contributed by atoms with van der Waals surface area (Å²) in [6, 6.07) is 7.55. The molecule has 2 rings (SSSR count). The van der Waals surface area contributed by atoms with E-state index >= 15 is 0 Å². The number of hydrogen-bond acceptors (Lipinski definition) is 2. The van der Waals surface area contributed by atoms with Crippen LogP contribution in [0, 0.1) is 0 Å². The molecule has 0 saturated heterocycles. The zero-order valence-electron chi connectivity index (χ0n) is 6.25. The van der Waals surface area contributed by atoms with Crippen molar-refractivity contribution in [1.82, 2.24) is 0 Å². The quantitative estimate of drug-likeness (QED) is 0.812. The van der Waals surface area contributed by atoms with Crippen LogP contribution in [0.25, 0.3) is 11.0 Å². The van der Waals surface area contributed by atoms with Crippen LogP contribution in [0.5, 0.6) is 0 Å². The Labute approximate surface area is 77.9 Å². The molecule has 2 nitrogen and oxygen atoms in total. The number of hydrogen-bond donors (Lipinski definition) is 1. The average Bonchev–Trinajstić information content (AvgIpc) is 2.49. The number of furan rings is 1. The van der Waals surface area contributed by atoms with Crippen molar-refractivity contribution in [3.63, 3.8) is 0 Å². The van der Waals surface area contributed by atoms with E-state index in [2.05, 4.69) is 15.9 Å². The fourth-order valence-electron chi connectivity index (χ4n) is 1.16.